The third-order valence-corrected chi connectivity index (χ3v) is 1.38. The lowest BCUT2D eigenvalue weighted by Crippen LogP contribution is -2.25. The van der Waals surface area contributed by atoms with E-state index in [4.69, 9.17) is 16.7 Å². The van der Waals surface area contributed by atoms with Crippen molar-refractivity contribution in [3.05, 3.63) is 0 Å². The maximum absolute atomic E-state index is 10.1. The Kier molecular flexibility index (Phi) is 6.03. The van der Waals surface area contributed by atoms with Gasteiger partial charge in [0.1, 0.15) is 0 Å². The predicted octanol–water partition coefficient (Wildman–Crippen LogP) is 2.01. The fourth-order valence-corrected chi connectivity index (χ4v) is 0.908. The van der Waals surface area contributed by atoms with Crippen LogP contribution in [0, 0.1) is 0 Å². The van der Waals surface area contributed by atoms with Crippen molar-refractivity contribution in [3.8, 4) is 0 Å². The standard InChI is InChI=1S/C5H9NO2.C2H5Cl/c7-5(8)6-3-1-2-4-6;1-2-3/h1-4H2,(H,7,8);2H2,1H3. The van der Waals surface area contributed by atoms with Crippen molar-refractivity contribution in [2.75, 3.05) is 19.0 Å². The fraction of sp³-hybridized carbons (Fsp3) is 0.857. The lowest BCUT2D eigenvalue weighted by molar-refractivity contribution is 0.156. The average molecular weight is 180 g/mol. The molecule has 1 rings (SSSR count). The molecule has 0 aromatic heterocycles. The molecule has 4 heteroatoms. The number of rotatable bonds is 0. The van der Waals surface area contributed by atoms with Crippen LogP contribution in [0.3, 0.4) is 0 Å². The molecule has 0 saturated carbocycles. The minimum Gasteiger partial charge on any atom is -0.465 e. The molecule has 0 atom stereocenters. The zero-order valence-electron chi connectivity index (χ0n) is 6.72. The van der Waals surface area contributed by atoms with Gasteiger partial charge in [0, 0.05) is 19.0 Å². The first-order valence-electron chi connectivity index (χ1n) is 3.76. The molecular formula is C7H14ClNO2. The molecule has 1 saturated heterocycles. The summed E-state index contributed by atoms with van der Waals surface area (Å²) in [5.74, 6) is 0.722. The first-order chi connectivity index (χ1) is 5.22. The zero-order chi connectivity index (χ0) is 8.69. The van der Waals surface area contributed by atoms with Crippen LogP contribution in [-0.4, -0.2) is 35.1 Å². The van der Waals surface area contributed by atoms with E-state index in [1.54, 1.807) is 0 Å². The van der Waals surface area contributed by atoms with Crippen molar-refractivity contribution in [2.24, 2.45) is 0 Å². The summed E-state index contributed by atoms with van der Waals surface area (Å²) in [7, 11) is 0. The minimum atomic E-state index is -0.775. The van der Waals surface area contributed by atoms with Crippen LogP contribution in [0.2, 0.25) is 0 Å². The van der Waals surface area contributed by atoms with Crippen molar-refractivity contribution in [1.29, 1.82) is 0 Å². The van der Waals surface area contributed by atoms with E-state index in [2.05, 4.69) is 0 Å². The molecule has 0 aromatic carbocycles. The number of likely N-dealkylation sites (tertiary alicyclic amines) is 1. The van der Waals surface area contributed by atoms with Gasteiger partial charge in [-0.1, -0.05) is 6.92 Å². The molecule has 1 heterocycles. The number of amides is 1. The van der Waals surface area contributed by atoms with E-state index in [9.17, 15) is 4.79 Å². The van der Waals surface area contributed by atoms with Crippen molar-refractivity contribution in [3.63, 3.8) is 0 Å². The molecule has 1 amide bonds. The highest BCUT2D eigenvalue weighted by Gasteiger charge is 2.15. The van der Waals surface area contributed by atoms with E-state index >= 15 is 0 Å². The molecule has 1 N–H and O–H groups in total. The first kappa shape index (κ1) is 10.6. The Labute approximate surface area is 71.9 Å². The molecule has 0 aliphatic carbocycles. The highest BCUT2D eigenvalue weighted by Crippen LogP contribution is 2.05. The zero-order valence-corrected chi connectivity index (χ0v) is 7.47. The maximum Gasteiger partial charge on any atom is 0.407 e. The quantitative estimate of drug-likeness (QED) is 0.578. The van der Waals surface area contributed by atoms with Crippen LogP contribution in [-0.2, 0) is 0 Å². The summed E-state index contributed by atoms with van der Waals surface area (Å²) in [6.07, 6.45) is 1.29. The van der Waals surface area contributed by atoms with Gasteiger partial charge in [-0.2, -0.15) is 0 Å². The van der Waals surface area contributed by atoms with Crippen LogP contribution in [0.5, 0.6) is 0 Å². The van der Waals surface area contributed by atoms with Crippen LogP contribution >= 0.6 is 11.6 Å². The van der Waals surface area contributed by atoms with Gasteiger partial charge in [0.25, 0.3) is 0 Å². The monoisotopic (exact) mass is 179 g/mol. The fourth-order valence-electron chi connectivity index (χ4n) is 0.908. The van der Waals surface area contributed by atoms with Crippen LogP contribution in [0.25, 0.3) is 0 Å². The third kappa shape index (κ3) is 4.90. The lowest BCUT2D eigenvalue weighted by atomic mass is 10.4. The lowest BCUT2D eigenvalue weighted by Gasteiger charge is -2.07. The summed E-state index contributed by atoms with van der Waals surface area (Å²) in [6.45, 7) is 3.35. The molecule has 0 aromatic rings. The third-order valence-electron chi connectivity index (χ3n) is 1.38. The highest BCUT2D eigenvalue weighted by molar-refractivity contribution is 6.17. The Bertz CT molecular complexity index is 113. The second-order valence-electron chi connectivity index (χ2n) is 2.24. The van der Waals surface area contributed by atoms with E-state index < -0.39 is 6.09 Å². The predicted molar refractivity (Wildman–Crippen MR) is 45.2 cm³/mol. The van der Waals surface area contributed by atoms with Gasteiger partial charge in [0.05, 0.1) is 0 Å². The summed E-state index contributed by atoms with van der Waals surface area (Å²) >= 11 is 5.00. The molecule has 0 bridgehead atoms. The summed E-state index contributed by atoms with van der Waals surface area (Å²) < 4.78 is 0. The average Bonchev–Trinajstić information content (AvgIpc) is 2.38. The number of carbonyl (C=O) groups is 1. The largest absolute Gasteiger partial charge is 0.465 e. The smallest absolute Gasteiger partial charge is 0.407 e. The van der Waals surface area contributed by atoms with E-state index in [1.165, 1.54) is 4.90 Å². The van der Waals surface area contributed by atoms with Gasteiger partial charge in [0.2, 0.25) is 0 Å². The van der Waals surface area contributed by atoms with Crippen molar-refractivity contribution >= 4 is 17.7 Å². The summed E-state index contributed by atoms with van der Waals surface area (Å²) in [5.41, 5.74) is 0. The second-order valence-corrected chi connectivity index (χ2v) is 2.78. The van der Waals surface area contributed by atoms with Gasteiger partial charge in [-0.25, -0.2) is 4.79 Å². The Balaban J connectivity index is 0.000000292. The number of hydrogen-bond donors (Lipinski definition) is 1. The Morgan fingerprint density at radius 3 is 2.09 bits per heavy atom. The van der Waals surface area contributed by atoms with Crippen LogP contribution < -0.4 is 0 Å². The molecule has 1 aliphatic rings. The molecule has 3 nitrogen and oxygen atoms in total. The molecule has 0 unspecified atom stereocenters. The van der Waals surface area contributed by atoms with Gasteiger partial charge >= 0.3 is 6.09 Å². The number of nitrogens with zero attached hydrogens (tertiary/aromatic N) is 1. The van der Waals surface area contributed by atoms with Crippen LogP contribution in [0.4, 0.5) is 4.79 Å². The Morgan fingerprint density at radius 1 is 1.55 bits per heavy atom. The number of carboxylic acid groups (broad SMARTS) is 1. The summed E-state index contributed by atoms with van der Waals surface area (Å²) in [6, 6.07) is 0. The van der Waals surface area contributed by atoms with Crippen LogP contribution in [0.15, 0.2) is 0 Å². The maximum atomic E-state index is 10.1. The van der Waals surface area contributed by atoms with E-state index in [-0.39, 0.29) is 0 Å². The molecular weight excluding hydrogens is 166 g/mol. The van der Waals surface area contributed by atoms with Gasteiger partial charge < -0.3 is 10.0 Å². The molecule has 66 valence electrons. The van der Waals surface area contributed by atoms with Crippen molar-refractivity contribution in [2.45, 2.75) is 19.8 Å². The summed E-state index contributed by atoms with van der Waals surface area (Å²) in [5, 5.41) is 8.34. The Hall–Kier alpha value is -0.440. The minimum absolute atomic E-state index is 0.722. The van der Waals surface area contributed by atoms with Gasteiger partial charge in [-0.3, -0.25) is 0 Å². The summed E-state index contributed by atoms with van der Waals surface area (Å²) in [4.78, 5) is 11.6. The molecule has 1 fully saturated rings. The van der Waals surface area contributed by atoms with Crippen molar-refractivity contribution in [1.82, 2.24) is 4.90 Å². The topological polar surface area (TPSA) is 40.5 Å². The molecule has 0 spiro atoms. The molecule has 1 aliphatic heterocycles. The van der Waals surface area contributed by atoms with Gasteiger partial charge in [-0.05, 0) is 12.8 Å². The van der Waals surface area contributed by atoms with E-state index in [0.29, 0.717) is 0 Å². The normalized spacial score (nSPS) is 15.6. The Morgan fingerprint density at radius 2 is 1.91 bits per heavy atom. The van der Waals surface area contributed by atoms with E-state index in [1.807, 2.05) is 6.92 Å². The molecule has 11 heavy (non-hydrogen) atoms. The van der Waals surface area contributed by atoms with Crippen molar-refractivity contribution < 1.29 is 9.90 Å². The highest BCUT2D eigenvalue weighted by atomic mass is 35.5. The van der Waals surface area contributed by atoms with Gasteiger partial charge in [0.15, 0.2) is 0 Å². The van der Waals surface area contributed by atoms with Crippen LogP contribution in [0.1, 0.15) is 19.8 Å². The second kappa shape index (κ2) is 6.28. The molecule has 0 radical (unpaired) electrons. The van der Waals surface area contributed by atoms with E-state index in [0.717, 1.165) is 31.8 Å². The van der Waals surface area contributed by atoms with Gasteiger partial charge in [-0.15, -0.1) is 11.6 Å². The number of alkyl halides is 1. The SMILES string of the molecule is CCCl.O=C(O)N1CCCC1. The number of hydrogen-bond acceptors (Lipinski definition) is 1. The first-order valence-corrected chi connectivity index (χ1v) is 4.29. The number of halogens is 1.